The highest BCUT2D eigenvalue weighted by molar-refractivity contribution is 7.15. The number of unbranched alkanes of at least 4 members (excludes halogenated alkanes) is 1. The Bertz CT molecular complexity index is 1020. The van der Waals surface area contributed by atoms with Crippen LogP contribution in [0.15, 0.2) is 73.1 Å². The van der Waals surface area contributed by atoms with Crippen LogP contribution in [0.1, 0.15) is 23.3 Å². The van der Waals surface area contributed by atoms with Crippen molar-refractivity contribution in [1.29, 1.82) is 0 Å². The Labute approximate surface area is 164 Å². The highest BCUT2D eigenvalue weighted by Gasteiger charge is 2.05. The minimum Gasteiger partial charge on any atom is -0.497 e. The molecule has 136 valence electrons. The largest absolute Gasteiger partial charge is 0.497 e. The molecule has 2 aromatic heterocycles. The topological polar surface area (TPSA) is 22.1 Å². The quantitative estimate of drug-likeness (QED) is 0.343. The third-order valence-corrected chi connectivity index (χ3v) is 6.08. The van der Waals surface area contributed by atoms with Gasteiger partial charge in [0.15, 0.2) is 0 Å². The monoisotopic (exact) mass is 373 g/mol. The smallest absolute Gasteiger partial charge is 0.118 e. The summed E-state index contributed by atoms with van der Waals surface area (Å²) in [5, 5.41) is 2.44. The summed E-state index contributed by atoms with van der Waals surface area (Å²) < 4.78 is 5.21. The van der Waals surface area contributed by atoms with E-state index in [9.17, 15) is 0 Å². The van der Waals surface area contributed by atoms with Crippen LogP contribution in [0.3, 0.4) is 0 Å². The molecule has 3 heteroatoms. The van der Waals surface area contributed by atoms with Crippen molar-refractivity contribution in [2.45, 2.75) is 25.7 Å². The van der Waals surface area contributed by atoms with Gasteiger partial charge in [0, 0.05) is 27.5 Å². The van der Waals surface area contributed by atoms with Crippen LogP contribution in [0, 0.1) is 0 Å². The van der Waals surface area contributed by atoms with E-state index in [-0.39, 0.29) is 0 Å². The molecule has 0 saturated carbocycles. The zero-order valence-electron chi connectivity index (χ0n) is 15.5. The molecular formula is C24H23NOS. The summed E-state index contributed by atoms with van der Waals surface area (Å²) >= 11 is 1.91. The summed E-state index contributed by atoms with van der Waals surface area (Å²) in [4.78, 5) is 7.00. The number of pyridine rings is 1. The number of benzene rings is 2. The molecule has 2 heterocycles. The highest BCUT2D eigenvalue weighted by Crippen LogP contribution is 2.31. The molecule has 4 rings (SSSR count). The summed E-state index contributed by atoms with van der Waals surface area (Å²) in [7, 11) is 1.71. The molecule has 2 nitrogen and oxygen atoms in total. The fraction of sp³-hybridized carbons (Fsp3) is 0.208. The van der Waals surface area contributed by atoms with Crippen molar-refractivity contribution in [3.63, 3.8) is 0 Å². The molecular weight excluding hydrogens is 350 g/mol. The standard InChI is InChI=1S/C24H23NOS/c1-26-22-10-6-18(7-11-22)4-2-3-5-23-12-13-24(27-23)20-8-9-21-17-25-15-14-19(21)16-20/h6-17H,2-5H2,1H3. The van der Waals surface area contributed by atoms with Gasteiger partial charge in [0.2, 0.25) is 0 Å². The van der Waals surface area contributed by atoms with Gasteiger partial charge in [0.1, 0.15) is 5.75 Å². The average molecular weight is 374 g/mol. The van der Waals surface area contributed by atoms with Crippen molar-refractivity contribution in [2.24, 2.45) is 0 Å². The minimum absolute atomic E-state index is 0.926. The maximum absolute atomic E-state index is 5.21. The van der Waals surface area contributed by atoms with E-state index in [1.54, 1.807) is 7.11 Å². The lowest BCUT2D eigenvalue weighted by Crippen LogP contribution is -1.88. The van der Waals surface area contributed by atoms with Gasteiger partial charge in [-0.25, -0.2) is 0 Å². The second-order valence-corrected chi connectivity index (χ2v) is 7.93. The first-order chi connectivity index (χ1) is 13.3. The highest BCUT2D eigenvalue weighted by atomic mass is 32.1. The molecule has 0 atom stereocenters. The minimum atomic E-state index is 0.926. The zero-order chi connectivity index (χ0) is 18.5. The Morgan fingerprint density at radius 1 is 0.852 bits per heavy atom. The van der Waals surface area contributed by atoms with Crippen LogP contribution in [0.5, 0.6) is 5.75 Å². The van der Waals surface area contributed by atoms with Gasteiger partial charge in [-0.05, 0) is 78.6 Å². The average Bonchev–Trinajstić information content (AvgIpc) is 3.20. The molecule has 0 aliphatic rings. The summed E-state index contributed by atoms with van der Waals surface area (Å²) in [5.41, 5.74) is 2.68. The van der Waals surface area contributed by atoms with Crippen molar-refractivity contribution in [3.8, 4) is 16.2 Å². The van der Waals surface area contributed by atoms with E-state index in [4.69, 9.17) is 4.74 Å². The van der Waals surface area contributed by atoms with Gasteiger partial charge in [-0.2, -0.15) is 0 Å². The summed E-state index contributed by atoms with van der Waals surface area (Å²) in [6.45, 7) is 0. The molecule has 0 bridgehead atoms. The van der Waals surface area contributed by atoms with Gasteiger partial charge < -0.3 is 4.74 Å². The zero-order valence-corrected chi connectivity index (χ0v) is 16.3. The number of thiophene rings is 1. The molecule has 2 aromatic carbocycles. The Morgan fingerprint density at radius 2 is 1.70 bits per heavy atom. The van der Waals surface area contributed by atoms with Crippen LogP contribution in [-0.2, 0) is 12.8 Å². The van der Waals surface area contributed by atoms with Crippen LogP contribution in [0.2, 0.25) is 0 Å². The number of aromatic nitrogens is 1. The molecule has 0 spiro atoms. The van der Waals surface area contributed by atoms with E-state index in [1.165, 1.54) is 44.5 Å². The third-order valence-electron chi connectivity index (χ3n) is 4.88. The number of hydrogen-bond donors (Lipinski definition) is 0. The first kappa shape index (κ1) is 17.7. The maximum Gasteiger partial charge on any atom is 0.118 e. The lowest BCUT2D eigenvalue weighted by molar-refractivity contribution is 0.414. The molecule has 0 radical (unpaired) electrons. The summed E-state index contributed by atoms with van der Waals surface area (Å²) in [6, 6.07) is 21.6. The van der Waals surface area contributed by atoms with Crippen molar-refractivity contribution in [2.75, 3.05) is 7.11 Å². The van der Waals surface area contributed by atoms with Crippen LogP contribution in [-0.4, -0.2) is 12.1 Å². The number of fused-ring (bicyclic) bond motifs is 1. The van der Waals surface area contributed by atoms with Crippen LogP contribution in [0.25, 0.3) is 21.2 Å². The second-order valence-electron chi connectivity index (χ2n) is 6.76. The number of rotatable bonds is 7. The molecule has 0 saturated heterocycles. The number of aryl methyl sites for hydroxylation is 2. The van der Waals surface area contributed by atoms with Gasteiger partial charge >= 0.3 is 0 Å². The van der Waals surface area contributed by atoms with Gasteiger partial charge in [0.05, 0.1) is 7.11 Å². The van der Waals surface area contributed by atoms with Crippen LogP contribution in [0.4, 0.5) is 0 Å². The molecule has 4 aromatic rings. The Morgan fingerprint density at radius 3 is 2.56 bits per heavy atom. The predicted molar refractivity (Wildman–Crippen MR) is 115 cm³/mol. The molecule has 0 N–H and O–H groups in total. The maximum atomic E-state index is 5.21. The van der Waals surface area contributed by atoms with Crippen LogP contribution < -0.4 is 4.74 Å². The predicted octanol–water partition coefficient (Wildman–Crippen LogP) is 6.54. The van der Waals surface area contributed by atoms with Crippen molar-refractivity contribution < 1.29 is 4.74 Å². The number of nitrogens with zero attached hydrogens (tertiary/aromatic N) is 1. The van der Waals surface area contributed by atoms with Gasteiger partial charge in [-0.3, -0.25) is 4.98 Å². The van der Waals surface area contributed by atoms with Crippen molar-refractivity contribution in [1.82, 2.24) is 4.98 Å². The fourth-order valence-electron chi connectivity index (χ4n) is 3.32. The first-order valence-electron chi connectivity index (χ1n) is 9.37. The summed E-state index contributed by atoms with van der Waals surface area (Å²) in [5.74, 6) is 0.926. The Balaban J connectivity index is 1.33. The lowest BCUT2D eigenvalue weighted by atomic mass is 10.1. The van der Waals surface area contributed by atoms with E-state index < -0.39 is 0 Å². The number of methoxy groups -OCH3 is 1. The molecule has 0 aliphatic carbocycles. The van der Waals surface area contributed by atoms with Crippen LogP contribution >= 0.6 is 11.3 Å². The molecule has 0 aliphatic heterocycles. The second kappa shape index (κ2) is 8.36. The SMILES string of the molecule is COc1ccc(CCCCc2ccc(-c3ccc4cnccc4c3)s2)cc1. The van der Waals surface area contributed by atoms with Crippen molar-refractivity contribution in [3.05, 3.63) is 83.5 Å². The Kier molecular flexibility index (Phi) is 5.50. The summed E-state index contributed by atoms with van der Waals surface area (Å²) in [6.07, 6.45) is 8.48. The molecule has 0 unspecified atom stereocenters. The molecule has 0 amide bonds. The lowest BCUT2D eigenvalue weighted by Gasteiger charge is -2.03. The van der Waals surface area contributed by atoms with E-state index in [0.717, 1.165) is 18.6 Å². The van der Waals surface area contributed by atoms with Crippen molar-refractivity contribution >= 4 is 22.1 Å². The number of ether oxygens (including phenoxy) is 1. The van der Waals surface area contributed by atoms with E-state index in [2.05, 4.69) is 53.5 Å². The number of hydrogen-bond acceptors (Lipinski definition) is 3. The molecule has 27 heavy (non-hydrogen) atoms. The van der Waals surface area contributed by atoms with Gasteiger partial charge in [0.25, 0.3) is 0 Å². The van der Waals surface area contributed by atoms with E-state index >= 15 is 0 Å². The third kappa shape index (κ3) is 4.37. The molecule has 0 fully saturated rings. The Hall–Kier alpha value is -2.65. The van der Waals surface area contributed by atoms with Gasteiger partial charge in [-0.1, -0.05) is 24.3 Å². The van der Waals surface area contributed by atoms with Gasteiger partial charge in [-0.15, -0.1) is 11.3 Å². The van der Waals surface area contributed by atoms with E-state index in [1.807, 2.05) is 35.9 Å². The fourth-order valence-corrected chi connectivity index (χ4v) is 4.37. The normalized spacial score (nSPS) is 11.0. The first-order valence-corrected chi connectivity index (χ1v) is 10.2. The van der Waals surface area contributed by atoms with E-state index in [0.29, 0.717) is 0 Å².